The number of rotatable bonds is 4. The summed E-state index contributed by atoms with van der Waals surface area (Å²) < 4.78 is 0. The summed E-state index contributed by atoms with van der Waals surface area (Å²) in [6.07, 6.45) is 3.63. The van der Waals surface area contributed by atoms with Gasteiger partial charge in [0.05, 0.1) is 11.3 Å². The Morgan fingerprint density at radius 2 is 2.00 bits per heavy atom. The molecule has 0 radical (unpaired) electrons. The quantitative estimate of drug-likeness (QED) is 0.280. The second kappa shape index (κ2) is 5.45. The zero-order valence-electron chi connectivity index (χ0n) is 10.6. The average Bonchev–Trinajstić information content (AvgIpc) is 2.47. The first-order valence-electron chi connectivity index (χ1n) is 5.85. The number of alkyl halides is 1. The van der Waals surface area contributed by atoms with Gasteiger partial charge in [-0.1, -0.05) is 18.2 Å². The molecule has 2 rings (SSSR count). The highest BCUT2D eigenvalue weighted by Gasteiger charge is 2.38. The molecule has 0 saturated carbocycles. The topological polar surface area (TPSA) is 103 Å². The van der Waals surface area contributed by atoms with E-state index < -0.39 is 20.6 Å². The first kappa shape index (κ1) is 14.9. The average molecular weight is 309 g/mol. The van der Waals surface area contributed by atoms with Crippen molar-refractivity contribution in [1.29, 1.82) is 0 Å². The lowest BCUT2D eigenvalue weighted by atomic mass is 9.96. The molecule has 1 unspecified atom stereocenters. The molecule has 1 aromatic rings. The third kappa shape index (κ3) is 2.97. The number of nitrogens with zero attached hydrogens (tertiary/aromatic N) is 2. The fraction of sp³-hybridized carbons (Fsp3) is 0.154. The van der Waals surface area contributed by atoms with E-state index in [2.05, 4.69) is 0 Å². The Morgan fingerprint density at radius 3 is 2.52 bits per heavy atom. The molecule has 0 fully saturated rings. The van der Waals surface area contributed by atoms with E-state index in [1.165, 1.54) is 30.4 Å². The Labute approximate surface area is 123 Å². The zero-order chi connectivity index (χ0) is 15.6. The van der Waals surface area contributed by atoms with Crippen molar-refractivity contribution in [3.05, 3.63) is 73.9 Å². The molecule has 0 spiro atoms. The summed E-state index contributed by atoms with van der Waals surface area (Å²) in [7, 11) is 0. The smallest absolute Gasteiger partial charge is 0.289 e. The number of hydrogen-bond acceptors (Lipinski definition) is 5. The van der Waals surface area contributed by atoms with Gasteiger partial charge in [0.15, 0.2) is 5.78 Å². The number of carbonyl (C=O) groups is 1. The van der Waals surface area contributed by atoms with E-state index in [0.717, 1.165) is 12.1 Å². The van der Waals surface area contributed by atoms with Crippen LogP contribution in [-0.2, 0) is 0 Å². The fourth-order valence-electron chi connectivity index (χ4n) is 1.84. The number of non-ortho nitro benzene ring substituents is 1. The van der Waals surface area contributed by atoms with E-state index in [-0.39, 0.29) is 23.2 Å². The maximum Gasteiger partial charge on any atom is 0.317 e. The summed E-state index contributed by atoms with van der Waals surface area (Å²) in [4.78, 5) is 30.7. The molecule has 1 aliphatic rings. The van der Waals surface area contributed by atoms with Gasteiger partial charge in [-0.2, -0.15) is 0 Å². The minimum atomic E-state index is -1.74. The largest absolute Gasteiger partial charge is 0.317 e. The van der Waals surface area contributed by atoms with Crippen LogP contribution in [0, 0.1) is 20.2 Å². The van der Waals surface area contributed by atoms with Gasteiger partial charge in [-0.05, 0) is 17.7 Å². The Morgan fingerprint density at radius 1 is 1.29 bits per heavy atom. The number of halogens is 1. The van der Waals surface area contributed by atoms with E-state index in [1.54, 1.807) is 0 Å². The van der Waals surface area contributed by atoms with E-state index in [4.69, 9.17) is 11.6 Å². The maximum absolute atomic E-state index is 12.2. The van der Waals surface area contributed by atoms with Gasteiger partial charge in [0.25, 0.3) is 5.69 Å². The number of allylic oxidation sites excluding steroid dienone is 2. The zero-order valence-corrected chi connectivity index (χ0v) is 11.3. The number of nitro groups is 2. The van der Waals surface area contributed by atoms with Gasteiger partial charge in [-0.3, -0.25) is 25.0 Å². The van der Waals surface area contributed by atoms with Gasteiger partial charge in [-0.25, -0.2) is 0 Å². The van der Waals surface area contributed by atoms with Crippen LogP contribution in [0.3, 0.4) is 0 Å². The molecule has 21 heavy (non-hydrogen) atoms. The number of Topliss-reactive ketones (excluding diaryl/α,β-unsaturated/α-hetero) is 1. The van der Waals surface area contributed by atoms with Crippen LogP contribution in [0.1, 0.15) is 16.8 Å². The van der Waals surface area contributed by atoms with Crippen molar-refractivity contribution in [2.45, 2.75) is 11.4 Å². The molecule has 0 heterocycles. The first-order chi connectivity index (χ1) is 9.83. The van der Waals surface area contributed by atoms with E-state index in [1.807, 2.05) is 0 Å². The van der Waals surface area contributed by atoms with Crippen molar-refractivity contribution in [2.24, 2.45) is 0 Å². The fourth-order valence-corrected chi connectivity index (χ4v) is 1.98. The van der Waals surface area contributed by atoms with Gasteiger partial charge in [0.2, 0.25) is 0 Å². The van der Waals surface area contributed by atoms with Crippen molar-refractivity contribution in [3.8, 4) is 0 Å². The summed E-state index contributed by atoms with van der Waals surface area (Å²) in [6.45, 7) is 0. The van der Waals surface area contributed by atoms with Gasteiger partial charge in [0.1, 0.15) is 0 Å². The third-order valence-electron chi connectivity index (χ3n) is 3.01. The molecule has 0 amide bonds. The van der Waals surface area contributed by atoms with Crippen LogP contribution in [-0.4, -0.2) is 20.6 Å². The molecule has 0 N–H and O–H groups in total. The van der Waals surface area contributed by atoms with Crippen molar-refractivity contribution >= 4 is 23.1 Å². The van der Waals surface area contributed by atoms with Gasteiger partial charge < -0.3 is 0 Å². The molecule has 0 aromatic heterocycles. The summed E-state index contributed by atoms with van der Waals surface area (Å²) >= 11 is 5.76. The monoisotopic (exact) mass is 308 g/mol. The van der Waals surface area contributed by atoms with Crippen molar-refractivity contribution in [1.82, 2.24) is 0 Å². The van der Waals surface area contributed by atoms with Crippen molar-refractivity contribution in [2.75, 3.05) is 0 Å². The molecule has 8 heteroatoms. The molecule has 1 aliphatic carbocycles. The van der Waals surface area contributed by atoms with Crippen molar-refractivity contribution < 1.29 is 14.6 Å². The summed E-state index contributed by atoms with van der Waals surface area (Å²) in [5, 5.41) is 21.5. The van der Waals surface area contributed by atoms with E-state index in [0.29, 0.717) is 0 Å². The molecule has 0 aliphatic heterocycles. The van der Waals surface area contributed by atoms with E-state index in [9.17, 15) is 25.0 Å². The summed E-state index contributed by atoms with van der Waals surface area (Å²) in [5.41, 5.74) is 0.162. The predicted octanol–water partition coefficient (Wildman–Crippen LogP) is 2.88. The lowest BCUT2D eigenvalue weighted by molar-refractivity contribution is -0.527. The highest BCUT2D eigenvalue weighted by molar-refractivity contribution is 6.24. The standard InChI is InChI=1S/C13H9ClN2O5/c14-13(16(20)21)6-4-9(5-7-13)12(17)10-2-1-3-11(8-10)15(18)19/h1-6,8H,7H2. The second-order valence-corrected chi connectivity index (χ2v) is 5.06. The minimum Gasteiger partial charge on any atom is -0.289 e. The molecular weight excluding hydrogens is 300 g/mol. The van der Waals surface area contributed by atoms with Gasteiger partial charge >= 0.3 is 5.00 Å². The maximum atomic E-state index is 12.2. The molecule has 1 atom stereocenters. The third-order valence-corrected chi connectivity index (χ3v) is 3.43. The highest BCUT2D eigenvalue weighted by Crippen LogP contribution is 2.29. The predicted molar refractivity (Wildman–Crippen MR) is 74.8 cm³/mol. The lowest BCUT2D eigenvalue weighted by Gasteiger charge is -2.16. The highest BCUT2D eigenvalue weighted by atomic mass is 35.5. The number of benzene rings is 1. The van der Waals surface area contributed by atoms with Crippen LogP contribution in [0.25, 0.3) is 0 Å². The number of carbonyl (C=O) groups excluding carboxylic acids is 1. The summed E-state index contributed by atoms with van der Waals surface area (Å²) in [6, 6.07) is 5.28. The van der Waals surface area contributed by atoms with E-state index >= 15 is 0 Å². The lowest BCUT2D eigenvalue weighted by Crippen LogP contribution is -2.30. The Hall–Kier alpha value is -2.54. The molecular formula is C13H9ClN2O5. The summed E-state index contributed by atoms with van der Waals surface area (Å²) in [5.74, 6) is -0.447. The van der Waals surface area contributed by atoms with Crippen LogP contribution in [0.15, 0.2) is 48.1 Å². The van der Waals surface area contributed by atoms with Gasteiger partial charge in [-0.15, -0.1) is 0 Å². The van der Waals surface area contributed by atoms with Crippen LogP contribution in [0.4, 0.5) is 5.69 Å². The molecule has 0 bridgehead atoms. The first-order valence-corrected chi connectivity index (χ1v) is 6.23. The van der Waals surface area contributed by atoms with Crippen LogP contribution < -0.4 is 0 Å². The SMILES string of the molecule is O=C(C1=CCC(Cl)([N+](=O)[O-])C=C1)c1cccc([N+](=O)[O-])c1. The Balaban J connectivity index is 2.25. The number of nitro benzene ring substituents is 1. The Kier molecular flexibility index (Phi) is 3.86. The number of hydrogen-bond donors (Lipinski definition) is 0. The molecule has 7 nitrogen and oxygen atoms in total. The van der Waals surface area contributed by atoms with Crippen LogP contribution >= 0.6 is 11.6 Å². The number of ketones is 1. The minimum absolute atomic E-state index is 0.131. The van der Waals surface area contributed by atoms with Crippen molar-refractivity contribution in [3.63, 3.8) is 0 Å². The normalized spacial score (nSPS) is 20.7. The molecule has 108 valence electrons. The van der Waals surface area contributed by atoms with Gasteiger partial charge in [0, 0.05) is 34.3 Å². The molecule has 1 aromatic carbocycles. The molecule has 0 saturated heterocycles. The second-order valence-electron chi connectivity index (χ2n) is 4.41. The Bertz CT molecular complexity index is 698. The van der Waals surface area contributed by atoms with Crippen LogP contribution in [0.2, 0.25) is 0 Å². The van der Waals surface area contributed by atoms with Crippen LogP contribution in [0.5, 0.6) is 0 Å².